The van der Waals surface area contributed by atoms with Gasteiger partial charge < -0.3 is 4.90 Å². The van der Waals surface area contributed by atoms with Crippen molar-refractivity contribution in [3.8, 4) is 6.07 Å². The number of carbonyl (C=O) groups is 1. The van der Waals surface area contributed by atoms with Crippen molar-refractivity contribution in [3.63, 3.8) is 0 Å². The van der Waals surface area contributed by atoms with Gasteiger partial charge in [-0.3, -0.25) is 9.78 Å². The molecule has 1 atom stereocenters. The van der Waals surface area contributed by atoms with Gasteiger partial charge in [-0.1, -0.05) is 37.6 Å². The molecule has 0 spiro atoms. The van der Waals surface area contributed by atoms with Crippen LogP contribution in [-0.2, 0) is 4.79 Å². The fourth-order valence-corrected chi connectivity index (χ4v) is 2.56. The van der Waals surface area contributed by atoms with Crippen molar-refractivity contribution < 1.29 is 4.79 Å². The summed E-state index contributed by atoms with van der Waals surface area (Å²) in [5.74, 6) is -0.105. The average molecular weight is 319 g/mol. The smallest absolute Gasteiger partial charge is 0.246 e. The van der Waals surface area contributed by atoms with E-state index in [1.54, 1.807) is 30.3 Å². The van der Waals surface area contributed by atoms with E-state index in [0.717, 1.165) is 24.1 Å². The maximum atomic E-state index is 12.5. The highest BCUT2D eigenvalue weighted by atomic mass is 16.2. The Labute approximate surface area is 143 Å². The second kappa shape index (κ2) is 8.64. The summed E-state index contributed by atoms with van der Waals surface area (Å²) in [5, 5.41) is 9.11. The minimum absolute atomic E-state index is 0.0560. The number of likely N-dealkylation sites (N-methyl/N-ethyl adjacent to an activating group) is 1. The molecule has 0 saturated heterocycles. The van der Waals surface area contributed by atoms with E-state index in [1.165, 1.54) is 6.08 Å². The summed E-state index contributed by atoms with van der Waals surface area (Å²) in [7, 11) is 1.79. The number of nitrogens with zero attached hydrogens (tertiary/aromatic N) is 3. The molecule has 0 aliphatic rings. The van der Waals surface area contributed by atoms with E-state index in [0.29, 0.717) is 5.56 Å². The Morgan fingerprint density at radius 2 is 2.04 bits per heavy atom. The van der Waals surface area contributed by atoms with Crippen LogP contribution in [0.5, 0.6) is 0 Å². The zero-order valence-electron chi connectivity index (χ0n) is 14.0. The SMILES string of the molecule is CCC[C@H](c1ccccn1)N(C)C(=O)/C=C/c1ccccc1C#N. The molecule has 2 rings (SSSR count). The zero-order chi connectivity index (χ0) is 17.4. The summed E-state index contributed by atoms with van der Waals surface area (Å²) >= 11 is 0. The molecule has 1 aromatic heterocycles. The van der Waals surface area contributed by atoms with Crippen LogP contribution in [0.1, 0.15) is 42.6 Å². The van der Waals surface area contributed by atoms with E-state index < -0.39 is 0 Å². The van der Waals surface area contributed by atoms with Gasteiger partial charge in [0.25, 0.3) is 0 Å². The summed E-state index contributed by atoms with van der Waals surface area (Å²) in [5.41, 5.74) is 2.19. The summed E-state index contributed by atoms with van der Waals surface area (Å²) < 4.78 is 0. The number of hydrogen-bond donors (Lipinski definition) is 0. The Kier molecular flexibility index (Phi) is 6.27. The monoisotopic (exact) mass is 319 g/mol. The fourth-order valence-electron chi connectivity index (χ4n) is 2.56. The normalized spacial score (nSPS) is 11.9. The van der Waals surface area contributed by atoms with Crippen molar-refractivity contribution in [2.45, 2.75) is 25.8 Å². The van der Waals surface area contributed by atoms with E-state index in [9.17, 15) is 4.79 Å². The molecule has 0 saturated carbocycles. The Hall–Kier alpha value is -2.93. The van der Waals surface area contributed by atoms with Crippen molar-refractivity contribution in [2.75, 3.05) is 7.05 Å². The van der Waals surface area contributed by atoms with Crippen molar-refractivity contribution in [1.82, 2.24) is 9.88 Å². The van der Waals surface area contributed by atoms with Crippen LogP contribution in [0.3, 0.4) is 0 Å². The molecule has 122 valence electrons. The third-order valence-electron chi connectivity index (χ3n) is 3.89. The van der Waals surface area contributed by atoms with Crippen LogP contribution in [0, 0.1) is 11.3 Å². The lowest BCUT2D eigenvalue weighted by atomic mass is 10.1. The highest BCUT2D eigenvalue weighted by Crippen LogP contribution is 2.23. The molecule has 0 N–H and O–H groups in total. The zero-order valence-corrected chi connectivity index (χ0v) is 14.0. The van der Waals surface area contributed by atoms with E-state index >= 15 is 0 Å². The van der Waals surface area contributed by atoms with Gasteiger partial charge in [0.15, 0.2) is 0 Å². The van der Waals surface area contributed by atoms with Gasteiger partial charge in [-0.05, 0) is 36.3 Å². The molecular formula is C20H21N3O. The molecule has 0 fully saturated rings. The third-order valence-corrected chi connectivity index (χ3v) is 3.89. The number of rotatable bonds is 6. The van der Waals surface area contributed by atoms with Crippen LogP contribution in [0.2, 0.25) is 0 Å². The van der Waals surface area contributed by atoms with Crippen LogP contribution in [0.15, 0.2) is 54.7 Å². The molecule has 0 aliphatic heterocycles. The molecule has 0 aliphatic carbocycles. The summed E-state index contributed by atoms with van der Waals surface area (Å²) in [6.07, 6.45) is 6.76. The Bertz CT molecular complexity index is 747. The van der Waals surface area contributed by atoms with Gasteiger partial charge >= 0.3 is 0 Å². The lowest BCUT2D eigenvalue weighted by Crippen LogP contribution is -2.30. The highest BCUT2D eigenvalue weighted by molar-refractivity contribution is 5.92. The molecule has 0 bridgehead atoms. The number of benzene rings is 1. The number of pyridine rings is 1. The van der Waals surface area contributed by atoms with Crippen LogP contribution in [0.25, 0.3) is 6.08 Å². The van der Waals surface area contributed by atoms with E-state index in [4.69, 9.17) is 5.26 Å². The third kappa shape index (κ3) is 4.30. The minimum atomic E-state index is -0.105. The summed E-state index contributed by atoms with van der Waals surface area (Å²) in [6, 6.07) is 15.0. The first kappa shape index (κ1) is 17.4. The van der Waals surface area contributed by atoms with Gasteiger partial charge in [-0.2, -0.15) is 5.26 Å². The molecule has 4 nitrogen and oxygen atoms in total. The van der Waals surface area contributed by atoms with E-state index in [-0.39, 0.29) is 11.9 Å². The van der Waals surface area contributed by atoms with Crippen molar-refractivity contribution >= 4 is 12.0 Å². The van der Waals surface area contributed by atoms with Crippen LogP contribution >= 0.6 is 0 Å². The topological polar surface area (TPSA) is 57.0 Å². The van der Waals surface area contributed by atoms with Gasteiger partial charge in [0.2, 0.25) is 5.91 Å². The lowest BCUT2D eigenvalue weighted by molar-refractivity contribution is -0.127. The Morgan fingerprint density at radius 3 is 2.71 bits per heavy atom. The Balaban J connectivity index is 2.18. The average Bonchev–Trinajstić information content (AvgIpc) is 2.64. The summed E-state index contributed by atoms with van der Waals surface area (Å²) in [4.78, 5) is 18.6. The van der Waals surface area contributed by atoms with E-state index in [1.807, 2.05) is 36.4 Å². The quantitative estimate of drug-likeness (QED) is 0.757. The molecule has 0 radical (unpaired) electrons. The maximum absolute atomic E-state index is 12.5. The lowest BCUT2D eigenvalue weighted by Gasteiger charge is -2.26. The van der Waals surface area contributed by atoms with Crippen molar-refractivity contribution in [1.29, 1.82) is 5.26 Å². The highest BCUT2D eigenvalue weighted by Gasteiger charge is 2.20. The molecule has 4 heteroatoms. The number of nitriles is 1. The number of amides is 1. The molecule has 0 unspecified atom stereocenters. The fraction of sp³-hybridized carbons (Fsp3) is 0.250. The second-order valence-corrected chi connectivity index (χ2v) is 5.54. The van der Waals surface area contributed by atoms with Crippen LogP contribution < -0.4 is 0 Å². The van der Waals surface area contributed by atoms with E-state index in [2.05, 4.69) is 18.0 Å². The largest absolute Gasteiger partial charge is 0.334 e. The molecule has 1 heterocycles. The van der Waals surface area contributed by atoms with Crippen LogP contribution in [0.4, 0.5) is 0 Å². The predicted octanol–water partition coefficient (Wildman–Crippen LogP) is 3.97. The van der Waals surface area contributed by atoms with Gasteiger partial charge in [-0.25, -0.2) is 0 Å². The van der Waals surface area contributed by atoms with Crippen molar-refractivity contribution in [2.24, 2.45) is 0 Å². The molecule has 24 heavy (non-hydrogen) atoms. The van der Waals surface area contributed by atoms with Gasteiger partial charge in [-0.15, -0.1) is 0 Å². The maximum Gasteiger partial charge on any atom is 0.246 e. The summed E-state index contributed by atoms with van der Waals surface area (Å²) in [6.45, 7) is 2.09. The first-order chi connectivity index (χ1) is 11.7. The minimum Gasteiger partial charge on any atom is -0.334 e. The number of carbonyl (C=O) groups excluding carboxylic acids is 1. The molecule has 1 amide bonds. The molecule has 1 aromatic carbocycles. The molecular weight excluding hydrogens is 298 g/mol. The number of aromatic nitrogens is 1. The van der Waals surface area contributed by atoms with Crippen LogP contribution in [-0.4, -0.2) is 22.8 Å². The van der Waals surface area contributed by atoms with Gasteiger partial charge in [0.05, 0.1) is 23.4 Å². The van der Waals surface area contributed by atoms with Gasteiger partial charge in [0, 0.05) is 19.3 Å². The Morgan fingerprint density at radius 1 is 1.29 bits per heavy atom. The second-order valence-electron chi connectivity index (χ2n) is 5.54. The first-order valence-electron chi connectivity index (χ1n) is 8.02. The molecule has 2 aromatic rings. The van der Waals surface area contributed by atoms with Crippen molar-refractivity contribution in [3.05, 3.63) is 71.6 Å². The first-order valence-corrected chi connectivity index (χ1v) is 8.02. The standard InChI is InChI=1S/C20H21N3O/c1-3-8-19(18-11-6-7-14-22-18)23(2)20(24)13-12-16-9-4-5-10-17(16)15-21/h4-7,9-14,19H,3,8H2,1-2H3/b13-12+/t19-/m1/s1. The predicted molar refractivity (Wildman–Crippen MR) is 94.8 cm³/mol. The van der Waals surface area contributed by atoms with Gasteiger partial charge in [0.1, 0.15) is 0 Å². The number of hydrogen-bond acceptors (Lipinski definition) is 3.